The fourth-order valence-corrected chi connectivity index (χ4v) is 4.33. The van der Waals surface area contributed by atoms with Crippen LogP contribution in [0.5, 0.6) is 0 Å². The van der Waals surface area contributed by atoms with Crippen LogP contribution in [0.3, 0.4) is 0 Å². The summed E-state index contributed by atoms with van der Waals surface area (Å²) in [6.07, 6.45) is 0.609. The van der Waals surface area contributed by atoms with Gasteiger partial charge < -0.3 is 14.7 Å². The van der Waals surface area contributed by atoms with E-state index in [2.05, 4.69) is 19.7 Å². The lowest BCUT2D eigenvalue weighted by molar-refractivity contribution is 0.0806. The molecule has 2 N–H and O–H groups in total. The molecule has 1 atom stereocenters. The predicted molar refractivity (Wildman–Crippen MR) is 134 cm³/mol. The van der Waals surface area contributed by atoms with Crippen LogP contribution in [-0.4, -0.2) is 23.0 Å². The number of hydrogen-bond donors (Lipinski definition) is 2. The molecule has 0 amide bonds. The Kier molecular flexibility index (Phi) is 7.65. The van der Waals surface area contributed by atoms with Crippen molar-refractivity contribution in [3.63, 3.8) is 0 Å². The fourth-order valence-electron chi connectivity index (χ4n) is 4.33. The highest BCUT2D eigenvalue weighted by Gasteiger charge is 2.48. The molecule has 3 aromatic carbocycles. The van der Waals surface area contributed by atoms with Gasteiger partial charge in [-0.05, 0) is 39.8 Å². The van der Waals surface area contributed by atoms with Crippen LogP contribution in [0.25, 0.3) is 16.7 Å². The second-order valence-corrected chi connectivity index (χ2v) is 7.72. The Morgan fingerprint density at radius 2 is 1.12 bits per heavy atom. The number of benzene rings is 3. The summed E-state index contributed by atoms with van der Waals surface area (Å²) in [5, 5.41) is 20.2. The Hall–Kier alpha value is -3.18. The molecule has 0 fully saturated rings. The van der Waals surface area contributed by atoms with Crippen LogP contribution in [0, 0.1) is 5.92 Å². The van der Waals surface area contributed by atoms with E-state index in [1.165, 1.54) is 0 Å². The molecule has 0 saturated carbocycles. The third kappa shape index (κ3) is 4.68. The van der Waals surface area contributed by atoms with E-state index < -0.39 is 12.9 Å². The minimum Gasteiger partial charge on any atom is -0.402 e. The van der Waals surface area contributed by atoms with Gasteiger partial charge in [0.15, 0.2) is 0 Å². The molecular weight excluding hydrogens is 395 g/mol. The van der Waals surface area contributed by atoms with Crippen molar-refractivity contribution in [2.75, 3.05) is 0 Å². The van der Waals surface area contributed by atoms with Crippen LogP contribution in [0.4, 0.5) is 0 Å². The van der Waals surface area contributed by atoms with Crippen LogP contribution in [0.2, 0.25) is 0 Å². The molecule has 32 heavy (non-hydrogen) atoms. The second kappa shape index (κ2) is 10.4. The first-order valence-electron chi connectivity index (χ1n) is 10.7. The van der Waals surface area contributed by atoms with Crippen molar-refractivity contribution in [3.8, 4) is 0 Å². The van der Waals surface area contributed by atoms with E-state index in [9.17, 15) is 10.0 Å². The van der Waals surface area contributed by atoms with E-state index >= 15 is 0 Å². The van der Waals surface area contributed by atoms with Gasteiger partial charge in [-0.3, -0.25) is 0 Å². The van der Waals surface area contributed by atoms with Gasteiger partial charge in [0.05, 0.1) is 0 Å². The summed E-state index contributed by atoms with van der Waals surface area (Å²) in [4.78, 5) is 0. The first kappa shape index (κ1) is 23.5. The maximum absolute atomic E-state index is 10.1. The van der Waals surface area contributed by atoms with Crippen LogP contribution in [-0.2, 0) is 4.65 Å². The first-order chi connectivity index (χ1) is 15.4. The predicted octanol–water partition coefficient (Wildman–Crippen LogP) is 5.88. The Labute approximate surface area is 191 Å². The van der Waals surface area contributed by atoms with Gasteiger partial charge in [-0.2, -0.15) is 0 Å². The van der Waals surface area contributed by atoms with Crippen molar-refractivity contribution >= 4 is 24.0 Å². The third-order valence-electron chi connectivity index (χ3n) is 5.90. The van der Waals surface area contributed by atoms with Crippen molar-refractivity contribution in [1.82, 2.24) is 0 Å². The van der Waals surface area contributed by atoms with Gasteiger partial charge >= 0.3 is 7.32 Å². The molecule has 0 heterocycles. The maximum atomic E-state index is 10.1. The van der Waals surface area contributed by atoms with E-state index in [1.807, 2.05) is 97.9 Å². The van der Waals surface area contributed by atoms with Crippen LogP contribution in [0.1, 0.15) is 30.0 Å². The minimum absolute atomic E-state index is 0.368. The summed E-state index contributed by atoms with van der Waals surface area (Å²) in [7, 11) is -2.03. The normalized spacial score (nSPS) is 12.1. The van der Waals surface area contributed by atoms with E-state index in [4.69, 9.17) is 4.65 Å². The SMILES string of the molecule is C=C(c1ccccc1)C(CC)C(OB(O)O)(C(=C)c1ccccc1)C(=C)c1ccccc1. The third-order valence-corrected chi connectivity index (χ3v) is 5.90. The molecular formula is C28H29BO3. The second-order valence-electron chi connectivity index (χ2n) is 7.72. The molecule has 0 aliphatic heterocycles. The van der Waals surface area contributed by atoms with Gasteiger partial charge in [0.1, 0.15) is 5.60 Å². The molecule has 0 aliphatic rings. The Balaban J connectivity index is 2.27. The van der Waals surface area contributed by atoms with Gasteiger partial charge in [-0.15, -0.1) is 0 Å². The molecule has 3 aromatic rings. The zero-order chi connectivity index (χ0) is 23.1. The summed E-state index contributed by atoms with van der Waals surface area (Å²) in [5.41, 5.74) is 3.23. The molecule has 3 nitrogen and oxygen atoms in total. The van der Waals surface area contributed by atoms with Crippen molar-refractivity contribution < 1.29 is 14.7 Å². The summed E-state index contributed by atoms with van der Waals surface area (Å²) >= 11 is 0. The molecule has 4 heteroatoms. The van der Waals surface area contributed by atoms with Crippen molar-refractivity contribution in [2.24, 2.45) is 5.92 Å². The van der Waals surface area contributed by atoms with Gasteiger partial charge in [0.25, 0.3) is 0 Å². The highest BCUT2D eigenvalue weighted by Crippen LogP contribution is 2.50. The maximum Gasteiger partial charge on any atom is 0.634 e. The number of rotatable bonds is 10. The lowest BCUT2D eigenvalue weighted by atomic mass is 9.67. The Morgan fingerprint density at radius 3 is 1.47 bits per heavy atom. The van der Waals surface area contributed by atoms with E-state index in [1.54, 1.807) is 0 Å². The highest BCUT2D eigenvalue weighted by molar-refractivity contribution is 6.33. The smallest absolute Gasteiger partial charge is 0.402 e. The van der Waals surface area contributed by atoms with Crippen LogP contribution >= 0.6 is 0 Å². The lowest BCUT2D eigenvalue weighted by Crippen LogP contribution is -2.47. The molecule has 162 valence electrons. The van der Waals surface area contributed by atoms with Crippen molar-refractivity contribution in [2.45, 2.75) is 18.9 Å². The molecule has 0 spiro atoms. The standard InChI is InChI=1S/C28H29BO3/c1-5-27(21(2)24-15-9-6-10-16-24)28(32-29(30)31,22(3)25-17-11-7-12-18-25)23(4)26-19-13-8-14-20-26/h6-20,27,30-31H,2-5H2,1H3. The molecule has 0 bridgehead atoms. The van der Waals surface area contributed by atoms with Crippen molar-refractivity contribution in [3.05, 3.63) is 127 Å². The van der Waals surface area contributed by atoms with E-state index in [-0.39, 0.29) is 5.92 Å². The van der Waals surface area contributed by atoms with Crippen LogP contribution in [0.15, 0.2) is 111 Å². The average Bonchev–Trinajstić information content (AvgIpc) is 2.84. The summed E-state index contributed by atoms with van der Waals surface area (Å²) in [5.74, 6) is -0.368. The molecule has 1 unspecified atom stereocenters. The van der Waals surface area contributed by atoms with Gasteiger partial charge in [0.2, 0.25) is 0 Å². The molecule has 0 aliphatic carbocycles. The van der Waals surface area contributed by atoms with Crippen LogP contribution < -0.4 is 0 Å². The number of hydrogen-bond acceptors (Lipinski definition) is 3. The molecule has 3 rings (SSSR count). The monoisotopic (exact) mass is 424 g/mol. The highest BCUT2D eigenvalue weighted by atomic mass is 16.6. The quantitative estimate of drug-likeness (QED) is 0.400. The molecule has 0 saturated heterocycles. The zero-order valence-corrected chi connectivity index (χ0v) is 18.4. The van der Waals surface area contributed by atoms with Crippen molar-refractivity contribution in [1.29, 1.82) is 0 Å². The van der Waals surface area contributed by atoms with Gasteiger partial charge in [0, 0.05) is 5.92 Å². The first-order valence-corrected chi connectivity index (χ1v) is 10.7. The molecule has 0 aromatic heterocycles. The Morgan fingerprint density at radius 1 is 0.750 bits per heavy atom. The van der Waals surface area contributed by atoms with Gasteiger partial charge in [-0.1, -0.05) is 118 Å². The summed E-state index contributed by atoms with van der Waals surface area (Å²) < 4.78 is 6.02. The summed E-state index contributed by atoms with van der Waals surface area (Å²) in [6, 6.07) is 29.1. The Bertz CT molecular complexity index is 1010. The largest absolute Gasteiger partial charge is 0.634 e. The van der Waals surface area contributed by atoms with Gasteiger partial charge in [-0.25, -0.2) is 0 Å². The van der Waals surface area contributed by atoms with E-state index in [0.29, 0.717) is 17.6 Å². The molecule has 0 radical (unpaired) electrons. The minimum atomic E-state index is -2.03. The zero-order valence-electron chi connectivity index (χ0n) is 18.4. The lowest BCUT2D eigenvalue weighted by Gasteiger charge is -2.45. The summed E-state index contributed by atoms with van der Waals surface area (Å²) in [6.45, 7) is 15.2. The topological polar surface area (TPSA) is 49.7 Å². The fraction of sp³-hybridized carbons (Fsp3) is 0.143. The van der Waals surface area contributed by atoms with E-state index in [0.717, 1.165) is 22.3 Å². The average molecular weight is 424 g/mol.